The number of nitrogens with one attached hydrogen (secondary N) is 2. The summed E-state index contributed by atoms with van der Waals surface area (Å²) in [6.45, 7) is 1.11. The first kappa shape index (κ1) is 25.1. The molecule has 2 amide bonds. The third kappa shape index (κ3) is 4.45. The Kier molecular flexibility index (Phi) is 5.93. The van der Waals surface area contributed by atoms with Gasteiger partial charge >= 0.3 is 0 Å². The van der Waals surface area contributed by atoms with Crippen LogP contribution in [0.5, 0.6) is 0 Å². The standard InChI is InChI=1S/C29H27FN8O3/c30-21-11-17(15-4-5-15)10-16-6-8-38(27(41)24(16)21)22-3-1-2-19(20(22)14-39)25-34-28(31)36-29(35-25)33-18-12-23-26(40)32-7-9-37(23)13-18/h1-3,10-13,15,39H,4-9,14H2,(H,32,40)(H3,31,33,34,35,36). The van der Waals surface area contributed by atoms with Crippen molar-refractivity contribution in [1.29, 1.82) is 0 Å². The molecule has 1 aliphatic carbocycles. The van der Waals surface area contributed by atoms with Crippen molar-refractivity contribution >= 4 is 35.1 Å². The molecule has 3 aliphatic rings. The predicted octanol–water partition coefficient (Wildman–Crippen LogP) is 3.12. The molecule has 0 radical (unpaired) electrons. The zero-order valence-corrected chi connectivity index (χ0v) is 22.0. The lowest BCUT2D eigenvalue weighted by Crippen LogP contribution is -2.39. The van der Waals surface area contributed by atoms with Crippen LogP contribution in [0.4, 0.5) is 27.7 Å². The van der Waals surface area contributed by atoms with E-state index >= 15 is 4.39 Å². The number of rotatable bonds is 6. The van der Waals surface area contributed by atoms with E-state index in [0.717, 1.165) is 24.0 Å². The first-order valence-electron chi connectivity index (χ1n) is 13.5. The lowest BCUT2D eigenvalue weighted by atomic mass is 9.93. The van der Waals surface area contributed by atoms with Gasteiger partial charge in [0.25, 0.3) is 11.8 Å². The van der Waals surface area contributed by atoms with Crippen LogP contribution in [-0.4, -0.2) is 49.5 Å². The molecule has 1 saturated carbocycles. The number of hydrogen-bond donors (Lipinski definition) is 4. The summed E-state index contributed by atoms with van der Waals surface area (Å²) in [7, 11) is 0. The van der Waals surface area contributed by atoms with Crippen LogP contribution in [0.1, 0.15) is 56.3 Å². The molecule has 208 valence electrons. The molecule has 2 aromatic heterocycles. The fraction of sp³-hybridized carbons (Fsp3) is 0.276. The number of nitrogens with zero attached hydrogens (tertiary/aromatic N) is 5. The Bertz CT molecular complexity index is 1730. The molecule has 0 saturated heterocycles. The summed E-state index contributed by atoms with van der Waals surface area (Å²) in [5.74, 6) is -0.439. The highest BCUT2D eigenvalue weighted by Gasteiger charge is 2.33. The number of hydrogen-bond acceptors (Lipinski definition) is 8. The van der Waals surface area contributed by atoms with E-state index in [0.29, 0.717) is 60.2 Å². The normalized spacial score (nSPS) is 16.3. The molecular weight excluding hydrogens is 527 g/mol. The molecule has 41 heavy (non-hydrogen) atoms. The second kappa shape index (κ2) is 9.66. The Morgan fingerprint density at radius 3 is 2.76 bits per heavy atom. The maximum absolute atomic E-state index is 15.2. The second-order valence-corrected chi connectivity index (χ2v) is 10.5. The second-order valence-electron chi connectivity index (χ2n) is 10.5. The van der Waals surface area contributed by atoms with Gasteiger partial charge in [0.15, 0.2) is 5.82 Å². The van der Waals surface area contributed by atoms with Gasteiger partial charge in [0.2, 0.25) is 11.9 Å². The molecule has 4 heterocycles. The van der Waals surface area contributed by atoms with Gasteiger partial charge in [-0.05, 0) is 54.5 Å². The lowest BCUT2D eigenvalue weighted by molar-refractivity contribution is 0.0926. The number of halogens is 1. The summed E-state index contributed by atoms with van der Waals surface area (Å²) in [5, 5.41) is 16.3. The maximum atomic E-state index is 15.2. The van der Waals surface area contributed by atoms with Gasteiger partial charge in [-0.3, -0.25) is 9.59 Å². The molecule has 0 bridgehead atoms. The molecular formula is C29H27FN8O3. The first-order valence-corrected chi connectivity index (χ1v) is 13.5. The van der Waals surface area contributed by atoms with Crippen molar-refractivity contribution in [2.24, 2.45) is 0 Å². The predicted molar refractivity (Wildman–Crippen MR) is 149 cm³/mol. The lowest BCUT2D eigenvalue weighted by Gasteiger charge is -2.31. The third-order valence-corrected chi connectivity index (χ3v) is 7.82. The molecule has 2 aliphatic heterocycles. The van der Waals surface area contributed by atoms with E-state index in [4.69, 9.17) is 5.73 Å². The Balaban J connectivity index is 1.22. The number of carbonyl (C=O) groups is 2. The quantitative estimate of drug-likeness (QED) is 0.284. The Labute approximate surface area is 234 Å². The Hall–Kier alpha value is -4.84. The highest BCUT2D eigenvalue weighted by atomic mass is 19.1. The minimum atomic E-state index is -0.508. The van der Waals surface area contributed by atoms with Crippen LogP contribution >= 0.6 is 0 Å². The number of aliphatic hydroxyl groups excluding tert-OH is 1. The van der Waals surface area contributed by atoms with Gasteiger partial charge in [-0.25, -0.2) is 4.39 Å². The topological polar surface area (TPSA) is 151 Å². The number of amides is 2. The maximum Gasteiger partial charge on any atom is 0.268 e. The van der Waals surface area contributed by atoms with Crippen molar-refractivity contribution in [3.63, 3.8) is 0 Å². The highest BCUT2D eigenvalue weighted by molar-refractivity contribution is 6.09. The van der Waals surface area contributed by atoms with Gasteiger partial charge in [-0.1, -0.05) is 18.2 Å². The van der Waals surface area contributed by atoms with Crippen molar-refractivity contribution in [2.75, 3.05) is 29.0 Å². The highest BCUT2D eigenvalue weighted by Crippen LogP contribution is 2.42. The molecule has 1 fully saturated rings. The summed E-state index contributed by atoms with van der Waals surface area (Å²) in [6, 6.07) is 10.3. The number of aliphatic hydroxyl groups is 1. The van der Waals surface area contributed by atoms with Crippen molar-refractivity contribution in [1.82, 2.24) is 24.8 Å². The number of carbonyl (C=O) groups excluding carboxylic acids is 2. The summed E-state index contributed by atoms with van der Waals surface area (Å²) in [6.07, 6.45) is 4.39. The van der Waals surface area contributed by atoms with E-state index in [1.54, 1.807) is 30.5 Å². The zero-order valence-electron chi connectivity index (χ0n) is 22.0. The summed E-state index contributed by atoms with van der Waals surface area (Å²) in [5.41, 5.74) is 10.2. The Morgan fingerprint density at radius 1 is 1.12 bits per heavy atom. The van der Waals surface area contributed by atoms with E-state index in [2.05, 4.69) is 25.6 Å². The number of fused-ring (bicyclic) bond motifs is 2. The minimum absolute atomic E-state index is 0.0509. The fourth-order valence-corrected chi connectivity index (χ4v) is 5.71. The largest absolute Gasteiger partial charge is 0.392 e. The van der Waals surface area contributed by atoms with Crippen LogP contribution in [0.15, 0.2) is 42.6 Å². The van der Waals surface area contributed by atoms with Crippen molar-refractivity contribution in [3.05, 3.63) is 76.4 Å². The molecule has 12 heteroatoms. The van der Waals surface area contributed by atoms with E-state index in [1.807, 2.05) is 10.6 Å². The van der Waals surface area contributed by atoms with Crippen molar-refractivity contribution in [2.45, 2.75) is 38.3 Å². The van der Waals surface area contributed by atoms with Gasteiger partial charge in [0.1, 0.15) is 11.5 Å². The summed E-state index contributed by atoms with van der Waals surface area (Å²) in [4.78, 5) is 40.2. The number of nitrogens with two attached hydrogens (primary N) is 1. The molecule has 2 aromatic carbocycles. The summed E-state index contributed by atoms with van der Waals surface area (Å²) < 4.78 is 17.0. The van der Waals surface area contributed by atoms with E-state index < -0.39 is 18.3 Å². The number of aromatic nitrogens is 4. The monoisotopic (exact) mass is 554 g/mol. The molecule has 4 aromatic rings. The SMILES string of the molecule is Nc1nc(Nc2cc3n(c2)CCNC3=O)nc(-c2cccc(N3CCc4cc(C5CC5)cc(F)c4C3=O)c2CO)n1. The average Bonchev–Trinajstić information content (AvgIpc) is 3.72. The molecule has 0 spiro atoms. The van der Waals surface area contributed by atoms with Gasteiger partial charge in [0, 0.05) is 37.0 Å². The first-order chi connectivity index (χ1) is 19.9. The third-order valence-electron chi connectivity index (χ3n) is 7.82. The Morgan fingerprint density at radius 2 is 1.98 bits per heavy atom. The van der Waals surface area contributed by atoms with Gasteiger partial charge < -0.3 is 30.9 Å². The van der Waals surface area contributed by atoms with E-state index in [-0.39, 0.29) is 29.2 Å². The number of anilines is 4. The zero-order chi connectivity index (χ0) is 28.2. The van der Waals surface area contributed by atoms with Gasteiger partial charge in [0.05, 0.1) is 23.5 Å². The van der Waals surface area contributed by atoms with Crippen LogP contribution in [0.2, 0.25) is 0 Å². The van der Waals surface area contributed by atoms with Crippen LogP contribution in [0, 0.1) is 5.82 Å². The number of nitrogen functional groups attached to an aromatic ring is 1. The van der Waals surface area contributed by atoms with Crippen LogP contribution < -0.4 is 21.3 Å². The minimum Gasteiger partial charge on any atom is -0.392 e. The fourth-order valence-electron chi connectivity index (χ4n) is 5.71. The van der Waals surface area contributed by atoms with Crippen LogP contribution in [0.3, 0.4) is 0 Å². The average molecular weight is 555 g/mol. The smallest absolute Gasteiger partial charge is 0.268 e. The van der Waals surface area contributed by atoms with Crippen molar-refractivity contribution in [3.8, 4) is 11.4 Å². The van der Waals surface area contributed by atoms with Gasteiger partial charge in [-0.15, -0.1) is 0 Å². The molecule has 0 atom stereocenters. The molecule has 5 N–H and O–H groups in total. The molecule has 0 unspecified atom stereocenters. The molecule has 11 nitrogen and oxygen atoms in total. The van der Waals surface area contributed by atoms with Crippen molar-refractivity contribution < 1.29 is 19.1 Å². The van der Waals surface area contributed by atoms with E-state index in [1.165, 1.54) is 11.0 Å². The van der Waals surface area contributed by atoms with Crippen LogP contribution in [0.25, 0.3) is 11.4 Å². The summed E-state index contributed by atoms with van der Waals surface area (Å²) >= 11 is 0. The molecule has 7 rings (SSSR count). The van der Waals surface area contributed by atoms with Gasteiger partial charge in [-0.2, -0.15) is 15.0 Å². The van der Waals surface area contributed by atoms with Crippen LogP contribution in [-0.2, 0) is 19.6 Å². The van der Waals surface area contributed by atoms with E-state index in [9.17, 15) is 14.7 Å². The number of benzene rings is 2.